The van der Waals surface area contributed by atoms with Crippen molar-refractivity contribution in [2.24, 2.45) is 5.10 Å². The van der Waals surface area contributed by atoms with Crippen LogP contribution in [-0.2, 0) is 4.79 Å². The van der Waals surface area contributed by atoms with Crippen molar-refractivity contribution >= 4 is 29.1 Å². The van der Waals surface area contributed by atoms with Gasteiger partial charge in [0.15, 0.2) is 6.61 Å². The second kappa shape index (κ2) is 10.5. The lowest BCUT2D eigenvalue weighted by Crippen LogP contribution is -2.34. The first kappa shape index (κ1) is 21.4. The van der Waals surface area contributed by atoms with E-state index in [9.17, 15) is 9.59 Å². The maximum absolute atomic E-state index is 12.1. The molecule has 2 amide bonds. The molecule has 0 spiro atoms. The number of likely N-dealkylation sites (N-methyl/N-ethyl adjacent to an activating group) is 1. The third-order valence-corrected chi connectivity index (χ3v) is 4.43. The summed E-state index contributed by atoms with van der Waals surface area (Å²) >= 11 is 5.82. The first-order valence-electron chi connectivity index (χ1n) is 9.05. The maximum atomic E-state index is 12.1. The molecule has 0 aliphatic rings. The molecule has 0 saturated heterocycles. The minimum Gasteiger partial charge on any atom is -0.484 e. The molecule has 0 unspecified atom stereocenters. The van der Waals surface area contributed by atoms with Gasteiger partial charge in [0.05, 0.1) is 5.71 Å². The van der Waals surface area contributed by atoms with Crippen molar-refractivity contribution in [2.75, 3.05) is 19.7 Å². The largest absolute Gasteiger partial charge is 0.484 e. The number of nitrogens with zero attached hydrogens (tertiary/aromatic N) is 2. The van der Waals surface area contributed by atoms with Crippen LogP contribution in [0.3, 0.4) is 0 Å². The summed E-state index contributed by atoms with van der Waals surface area (Å²) in [6, 6.07) is 13.8. The quantitative estimate of drug-likeness (QED) is 0.541. The van der Waals surface area contributed by atoms with Gasteiger partial charge in [0.2, 0.25) is 0 Å². The highest BCUT2D eigenvalue weighted by Gasteiger charge is 2.10. The second-order valence-corrected chi connectivity index (χ2v) is 6.46. The molecule has 0 radical (unpaired) electrons. The summed E-state index contributed by atoms with van der Waals surface area (Å²) in [6.07, 6.45) is 0. The van der Waals surface area contributed by atoms with Crippen LogP contribution in [-0.4, -0.2) is 42.1 Å². The third-order valence-electron chi connectivity index (χ3n) is 4.18. The molecule has 0 aliphatic heterocycles. The Labute approximate surface area is 170 Å². The topological polar surface area (TPSA) is 71.0 Å². The van der Waals surface area contributed by atoms with Gasteiger partial charge in [-0.1, -0.05) is 11.6 Å². The lowest BCUT2D eigenvalue weighted by molar-refractivity contribution is -0.132. The second-order valence-electron chi connectivity index (χ2n) is 6.02. The molecular weight excluding hydrogens is 378 g/mol. The number of carbonyl (C=O) groups excluding carboxylic acids is 2. The van der Waals surface area contributed by atoms with E-state index in [0.29, 0.717) is 35.1 Å². The monoisotopic (exact) mass is 401 g/mol. The van der Waals surface area contributed by atoms with Crippen LogP contribution in [0.2, 0.25) is 5.02 Å². The highest BCUT2D eigenvalue weighted by atomic mass is 35.5. The van der Waals surface area contributed by atoms with Gasteiger partial charge >= 0.3 is 0 Å². The van der Waals surface area contributed by atoms with Crippen LogP contribution in [0.4, 0.5) is 0 Å². The summed E-state index contributed by atoms with van der Waals surface area (Å²) in [5.41, 5.74) is 4.47. The zero-order valence-electron chi connectivity index (χ0n) is 16.2. The van der Waals surface area contributed by atoms with Crippen molar-refractivity contribution < 1.29 is 14.3 Å². The fraction of sp³-hybridized carbons (Fsp3) is 0.286. The third kappa shape index (κ3) is 6.09. The van der Waals surface area contributed by atoms with E-state index >= 15 is 0 Å². The van der Waals surface area contributed by atoms with Gasteiger partial charge in [0.1, 0.15) is 5.75 Å². The molecule has 0 atom stereocenters. The smallest absolute Gasteiger partial charge is 0.271 e. The SMILES string of the molecule is CCN(CC)C(=O)COc1ccc(/C(C)=N\NC(=O)c2ccc(Cl)cc2)cc1. The predicted molar refractivity (Wildman–Crippen MR) is 111 cm³/mol. The van der Waals surface area contributed by atoms with Crippen LogP contribution < -0.4 is 10.2 Å². The van der Waals surface area contributed by atoms with Gasteiger partial charge in [0, 0.05) is 23.7 Å². The number of amides is 2. The summed E-state index contributed by atoms with van der Waals surface area (Å²) in [4.78, 5) is 25.8. The number of carbonyl (C=O) groups is 2. The van der Waals surface area contributed by atoms with Crippen LogP contribution >= 0.6 is 11.6 Å². The fourth-order valence-corrected chi connectivity index (χ4v) is 2.60. The standard InChI is InChI=1S/C21H24ClN3O3/c1-4-25(5-2)20(26)14-28-19-12-8-16(9-13-19)15(3)23-24-21(27)17-6-10-18(22)11-7-17/h6-13H,4-5,14H2,1-3H3,(H,24,27)/b23-15-. The number of rotatable bonds is 8. The highest BCUT2D eigenvalue weighted by molar-refractivity contribution is 6.30. The Morgan fingerprint density at radius 2 is 1.57 bits per heavy atom. The van der Waals surface area contributed by atoms with E-state index in [0.717, 1.165) is 5.56 Å². The summed E-state index contributed by atoms with van der Waals surface area (Å²) in [5.74, 6) is 0.241. The lowest BCUT2D eigenvalue weighted by Gasteiger charge is -2.18. The molecule has 2 aromatic rings. The molecule has 1 N–H and O–H groups in total. The summed E-state index contributed by atoms with van der Waals surface area (Å²) in [7, 11) is 0. The normalized spacial score (nSPS) is 11.1. The van der Waals surface area contributed by atoms with Crippen molar-refractivity contribution in [1.29, 1.82) is 0 Å². The molecule has 148 valence electrons. The first-order chi connectivity index (χ1) is 13.4. The molecule has 0 aromatic heterocycles. The summed E-state index contributed by atoms with van der Waals surface area (Å²) in [5, 5.41) is 4.69. The first-order valence-corrected chi connectivity index (χ1v) is 9.43. The van der Waals surface area contributed by atoms with E-state index < -0.39 is 0 Å². The van der Waals surface area contributed by atoms with Gasteiger partial charge in [-0.2, -0.15) is 5.10 Å². The van der Waals surface area contributed by atoms with Gasteiger partial charge < -0.3 is 9.64 Å². The zero-order valence-corrected chi connectivity index (χ0v) is 17.0. The minimum atomic E-state index is -0.314. The van der Waals surface area contributed by atoms with Crippen LogP contribution in [0.5, 0.6) is 5.75 Å². The number of nitrogens with one attached hydrogen (secondary N) is 1. The van der Waals surface area contributed by atoms with Gasteiger partial charge in [-0.25, -0.2) is 5.43 Å². The van der Waals surface area contributed by atoms with Gasteiger partial charge in [0.25, 0.3) is 11.8 Å². The molecule has 0 aliphatic carbocycles. The number of hydrogen-bond donors (Lipinski definition) is 1. The van der Waals surface area contributed by atoms with Crippen LogP contribution in [0.25, 0.3) is 0 Å². The lowest BCUT2D eigenvalue weighted by atomic mass is 10.1. The highest BCUT2D eigenvalue weighted by Crippen LogP contribution is 2.13. The molecular formula is C21H24ClN3O3. The summed E-state index contributed by atoms with van der Waals surface area (Å²) in [6.45, 7) is 6.99. The Morgan fingerprint density at radius 1 is 1.00 bits per heavy atom. The maximum Gasteiger partial charge on any atom is 0.271 e. The molecule has 0 saturated carbocycles. The van der Waals surface area contributed by atoms with Gasteiger partial charge in [-0.05, 0) is 74.9 Å². The number of hydrogen-bond acceptors (Lipinski definition) is 4. The molecule has 6 nitrogen and oxygen atoms in total. The van der Waals surface area contributed by atoms with E-state index in [2.05, 4.69) is 10.5 Å². The molecule has 0 fully saturated rings. The Kier molecular flexibility index (Phi) is 8.02. The number of benzene rings is 2. The Hall–Kier alpha value is -2.86. The van der Waals surface area contributed by atoms with Gasteiger partial charge in [-0.15, -0.1) is 0 Å². The molecule has 2 rings (SSSR count). The van der Waals surface area contributed by atoms with Crippen LogP contribution in [0, 0.1) is 0 Å². The van der Waals surface area contributed by atoms with Crippen molar-refractivity contribution in [3.8, 4) is 5.75 Å². The Morgan fingerprint density at radius 3 is 2.14 bits per heavy atom. The van der Waals surface area contributed by atoms with E-state index in [1.165, 1.54) is 0 Å². The molecule has 2 aromatic carbocycles. The average Bonchev–Trinajstić information content (AvgIpc) is 2.72. The van der Waals surface area contributed by atoms with Crippen molar-refractivity contribution in [3.63, 3.8) is 0 Å². The number of halogens is 1. The van der Waals surface area contributed by atoms with Crippen molar-refractivity contribution in [3.05, 3.63) is 64.7 Å². The summed E-state index contributed by atoms with van der Waals surface area (Å²) < 4.78 is 5.54. The van der Waals surface area contributed by atoms with Crippen molar-refractivity contribution in [2.45, 2.75) is 20.8 Å². The molecule has 0 heterocycles. The zero-order chi connectivity index (χ0) is 20.5. The minimum absolute atomic E-state index is 0.00521. The van der Waals surface area contributed by atoms with E-state index in [4.69, 9.17) is 16.3 Å². The molecule has 7 heteroatoms. The average molecular weight is 402 g/mol. The van der Waals surface area contributed by atoms with Crippen LogP contribution in [0.15, 0.2) is 53.6 Å². The Bertz CT molecular complexity index is 829. The van der Waals surface area contributed by atoms with E-state index in [1.54, 1.807) is 48.2 Å². The van der Waals surface area contributed by atoms with E-state index in [1.807, 2.05) is 26.0 Å². The van der Waals surface area contributed by atoms with Gasteiger partial charge in [-0.3, -0.25) is 9.59 Å². The van der Waals surface area contributed by atoms with Crippen molar-refractivity contribution in [1.82, 2.24) is 10.3 Å². The molecule has 28 heavy (non-hydrogen) atoms. The molecule has 0 bridgehead atoms. The predicted octanol–water partition coefficient (Wildman–Crippen LogP) is 3.74. The Balaban J connectivity index is 1.92. The number of hydrazone groups is 1. The van der Waals surface area contributed by atoms with E-state index in [-0.39, 0.29) is 18.4 Å². The fourth-order valence-electron chi connectivity index (χ4n) is 2.47. The number of ether oxygens (including phenoxy) is 1. The van der Waals surface area contributed by atoms with Crippen LogP contribution in [0.1, 0.15) is 36.7 Å².